The molecule has 0 saturated heterocycles. The Morgan fingerprint density at radius 3 is 3.05 bits per heavy atom. The predicted molar refractivity (Wildman–Crippen MR) is 69.8 cm³/mol. The number of nitrogens with zero attached hydrogens (tertiary/aromatic N) is 1. The lowest BCUT2D eigenvalue weighted by Gasteiger charge is -2.23. The first-order chi connectivity index (χ1) is 9.20. The molecule has 19 heavy (non-hydrogen) atoms. The lowest BCUT2D eigenvalue weighted by Crippen LogP contribution is -2.28. The summed E-state index contributed by atoms with van der Waals surface area (Å²) in [6.07, 6.45) is 0.357. The topological polar surface area (TPSA) is 61.8 Å². The minimum Gasteiger partial charge on any atom is -0.394 e. The number of hydrogen-bond donors (Lipinski definition) is 2. The lowest BCUT2D eigenvalue weighted by atomic mass is 10.2. The van der Waals surface area contributed by atoms with Gasteiger partial charge in [0.1, 0.15) is 5.82 Å². The Hall–Kier alpha value is -1.66. The van der Waals surface area contributed by atoms with Crippen molar-refractivity contribution in [3.05, 3.63) is 24.0 Å². The number of carbonyl (C=O) groups excluding carboxylic acids is 1. The molecule has 0 saturated carbocycles. The van der Waals surface area contributed by atoms with Gasteiger partial charge in [0.15, 0.2) is 0 Å². The zero-order valence-electron chi connectivity index (χ0n) is 10.6. The second-order valence-corrected chi connectivity index (χ2v) is 4.28. The summed E-state index contributed by atoms with van der Waals surface area (Å²) in [6.45, 7) is 1.88. The maximum Gasteiger partial charge on any atom is 0.226 e. The van der Waals surface area contributed by atoms with Gasteiger partial charge in [0.05, 0.1) is 31.2 Å². The summed E-state index contributed by atoms with van der Waals surface area (Å²) in [4.78, 5) is 13.5. The van der Waals surface area contributed by atoms with Crippen molar-refractivity contribution >= 4 is 17.3 Å². The molecular weight excluding hydrogens is 251 g/mol. The van der Waals surface area contributed by atoms with Gasteiger partial charge in [-0.1, -0.05) is 0 Å². The van der Waals surface area contributed by atoms with Crippen LogP contribution in [0, 0.1) is 5.82 Å². The van der Waals surface area contributed by atoms with E-state index in [1.165, 1.54) is 12.1 Å². The molecule has 1 heterocycles. The maximum absolute atomic E-state index is 13.2. The predicted octanol–water partition coefficient (Wildman–Crippen LogP) is 0.983. The van der Waals surface area contributed by atoms with Gasteiger partial charge in [-0.3, -0.25) is 4.79 Å². The fourth-order valence-corrected chi connectivity index (χ4v) is 2.03. The second kappa shape index (κ2) is 6.49. The SMILES string of the molecule is O=C1CCN(CCOCCO)c2ccc(F)cc2N1. The molecule has 1 aliphatic heterocycles. The largest absolute Gasteiger partial charge is 0.394 e. The summed E-state index contributed by atoms with van der Waals surface area (Å²) in [6, 6.07) is 4.35. The zero-order chi connectivity index (χ0) is 13.7. The monoisotopic (exact) mass is 268 g/mol. The van der Waals surface area contributed by atoms with Crippen molar-refractivity contribution in [3.63, 3.8) is 0 Å². The summed E-state index contributed by atoms with van der Waals surface area (Å²) in [5.74, 6) is -0.497. The number of carbonyl (C=O) groups is 1. The summed E-state index contributed by atoms with van der Waals surface area (Å²) in [5.41, 5.74) is 1.28. The highest BCUT2D eigenvalue weighted by molar-refractivity contribution is 5.96. The van der Waals surface area contributed by atoms with Crippen LogP contribution in [0.1, 0.15) is 6.42 Å². The number of halogens is 1. The van der Waals surface area contributed by atoms with Crippen LogP contribution in [-0.4, -0.2) is 43.9 Å². The van der Waals surface area contributed by atoms with Gasteiger partial charge in [-0.25, -0.2) is 4.39 Å². The minimum absolute atomic E-state index is 0.0121. The number of fused-ring (bicyclic) bond motifs is 1. The first-order valence-corrected chi connectivity index (χ1v) is 6.23. The average Bonchev–Trinajstić information content (AvgIpc) is 2.53. The third-order valence-electron chi connectivity index (χ3n) is 2.92. The first kappa shape index (κ1) is 13.8. The van der Waals surface area contributed by atoms with Gasteiger partial charge in [-0.05, 0) is 18.2 Å². The van der Waals surface area contributed by atoms with Crippen LogP contribution < -0.4 is 10.2 Å². The molecule has 0 unspecified atom stereocenters. The van der Waals surface area contributed by atoms with Crippen molar-refractivity contribution in [2.45, 2.75) is 6.42 Å². The smallest absolute Gasteiger partial charge is 0.226 e. The van der Waals surface area contributed by atoms with E-state index in [-0.39, 0.29) is 18.3 Å². The molecule has 2 N–H and O–H groups in total. The maximum atomic E-state index is 13.2. The van der Waals surface area contributed by atoms with E-state index in [4.69, 9.17) is 9.84 Å². The van der Waals surface area contributed by atoms with Crippen molar-refractivity contribution in [2.75, 3.05) is 43.1 Å². The molecular formula is C13H17FN2O3. The quantitative estimate of drug-likeness (QED) is 0.782. The Bertz CT molecular complexity index is 454. The number of nitrogens with one attached hydrogen (secondary N) is 1. The Morgan fingerprint density at radius 2 is 2.26 bits per heavy atom. The normalized spacial score (nSPS) is 14.8. The number of rotatable bonds is 5. The van der Waals surface area contributed by atoms with E-state index in [9.17, 15) is 9.18 Å². The highest BCUT2D eigenvalue weighted by atomic mass is 19.1. The molecule has 0 aliphatic carbocycles. The van der Waals surface area contributed by atoms with E-state index >= 15 is 0 Å². The Kier molecular flexibility index (Phi) is 4.70. The van der Waals surface area contributed by atoms with Crippen molar-refractivity contribution < 1.29 is 19.0 Å². The summed E-state index contributed by atoms with van der Waals surface area (Å²) >= 11 is 0. The van der Waals surface area contributed by atoms with E-state index < -0.39 is 0 Å². The molecule has 0 aromatic heterocycles. The molecule has 5 nitrogen and oxygen atoms in total. The zero-order valence-corrected chi connectivity index (χ0v) is 10.6. The van der Waals surface area contributed by atoms with Gasteiger partial charge < -0.3 is 20.1 Å². The van der Waals surface area contributed by atoms with Crippen LogP contribution in [0.3, 0.4) is 0 Å². The number of aliphatic hydroxyl groups is 1. The molecule has 104 valence electrons. The number of anilines is 2. The Balaban J connectivity index is 2.10. The number of amides is 1. The summed E-state index contributed by atoms with van der Waals surface area (Å²) < 4.78 is 18.4. The van der Waals surface area contributed by atoms with Gasteiger partial charge in [0, 0.05) is 19.5 Å². The molecule has 1 aromatic carbocycles. The standard InChI is InChI=1S/C13H17FN2O3/c14-10-1-2-12-11(9-10)15-13(18)3-4-16(12)5-7-19-8-6-17/h1-2,9,17H,3-8H2,(H,15,18). The van der Waals surface area contributed by atoms with Crippen molar-refractivity contribution in [1.29, 1.82) is 0 Å². The minimum atomic E-state index is -0.377. The fraction of sp³-hybridized carbons (Fsp3) is 0.462. The molecule has 6 heteroatoms. The van der Waals surface area contributed by atoms with Crippen molar-refractivity contribution in [1.82, 2.24) is 0 Å². The summed E-state index contributed by atoms with van der Waals surface area (Å²) in [7, 11) is 0. The number of hydrogen-bond acceptors (Lipinski definition) is 4. The Labute approximate surface area is 111 Å². The fourth-order valence-electron chi connectivity index (χ4n) is 2.03. The molecule has 1 aromatic rings. The highest BCUT2D eigenvalue weighted by Crippen LogP contribution is 2.29. The van der Waals surface area contributed by atoms with Crippen LogP contribution in [0.2, 0.25) is 0 Å². The van der Waals surface area contributed by atoms with Crippen molar-refractivity contribution in [3.8, 4) is 0 Å². The van der Waals surface area contributed by atoms with Crippen LogP contribution in [0.4, 0.5) is 15.8 Å². The number of ether oxygens (including phenoxy) is 1. The molecule has 0 radical (unpaired) electrons. The van der Waals surface area contributed by atoms with Gasteiger partial charge in [0.2, 0.25) is 5.91 Å². The van der Waals surface area contributed by atoms with E-state index in [0.29, 0.717) is 38.4 Å². The second-order valence-electron chi connectivity index (χ2n) is 4.28. The van der Waals surface area contributed by atoms with Crippen LogP contribution in [0.25, 0.3) is 0 Å². The summed E-state index contributed by atoms with van der Waals surface area (Å²) in [5, 5.41) is 11.3. The number of benzene rings is 1. The lowest BCUT2D eigenvalue weighted by molar-refractivity contribution is -0.115. The molecule has 0 spiro atoms. The van der Waals surface area contributed by atoms with Crippen LogP contribution >= 0.6 is 0 Å². The average molecular weight is 268 g/mol. The Morgan fingerprint density at radius 1 is 1.42 bits per heavy atom. The molecule has 1 aliphatic rings. The van der Waals surface area contributed by atoms with Gasteiger partial charge in [-0.15, -0.1) is 0 Å². The number of aliphatic hydroxyl groups excluding tert-OH is 1. The van der Waals surface area contributed by atoms with E-state index in [2.05, 4.69) is 5.32 Å². The molecule has 0 bridgehead atoms. The molecule has 0 fully saturated rings. The molecule has 0 atom stereocenters. The third kappa shape index (κ3) is 3.65. The molecule has 1 amide bonds. The van der Waals surface area contributed by atoms with Crippen molar-refractivity contribution in [2.24, 2.45) is 0 Å². The first-order valence-electron chi connectivity index (χ1n) is 6.23. The van der Waals surface area contributed by atoms with Gasteiger partial charge in [0.25, 0.3) is 0 Å². The van der Waals surface area contributed by atoms with E-state index in [0.717, 1.165) is 5.69 Å². The van der Waals surface area contributed by atoms with Crippen LogP contribution in [-0.2, 0) is 9.53 Å². The highest BCUT2D eigenvalue weighted by Gasteiger charge is 2.19. The van der Waals surface area contributed by atoms with Crippen LogP contribution in [0.5, 0.6) is 0 Å². The molecule has 2 rings (SSSR count). The van der Waals surface area contributed by atoms with E-state index in [1.807, 2.05) is 4.90 Å². The van der Waals surface area contributed by atoms with E-state index in [1.54, 1.807) is 6.07 Å². The van der Waals surface area contributed by atoms with Crippen LogP contribution in [0.15, 0.2) is 18.2 Å². The third-order valence-corrected chi connectivity index (χ3v) is 2.92. The van der Waals surface area contributed by atoms with Gasteiger partial charge >= 0.3 is 0 Å². The van der Waals surface area contributed by atoms with Gasteiger partial charge in [-0.2, -0.15) is 0 Å².